The molecular formula is C37H36N4O3S. The van der Waals surface area contributed by atoms with Crippen LogP contribution < -0.4 is 10.7 Å². The van der Waals surface area contributed by atoms with E-state index < -0.39 is 11.5 Å². The van der Waals surface area contributed by atoms with Gasteiger partial charge < -0.3 is 15.0 Å². The maximum atomic E-state index is 13.8. The second-order valence-electron chi connectivity index (χ2n) is 11.5. The van der Waals surface area contributed by atoms with Gasteiger partial charge in [0.2, 0.25) is 0 Å². The first-order valence-corrected chi connectivity index (χ1v) is 16.0. The summed E-state index contributed by atoms with van der Waals surface area (Å²) in [4.78, 5) is 28.6. The van der Waals surface area contributed by atoms with E-state index in [1.165, 1.54) is 4.88 Å². The van der Waals surface area contributed by atoms with Gasteiger partial charge in [0.05, 0.1) is 11.8 Å². The van der Waals surface area contributed by atoms with Crippen molar-refractivity contribution in [3.63, 3.8) is 0 Å². The van der Waals surface area contributed by atoms with Crippen molar-refractivity contribution in [3.8, 4) is 5.00 Å². The van der Waals surface area contributed by atoms with Gasteiger partial charge in [-0.15, -0.1) is 11.3 Å². The van der Waals surface area contributed by atoms with Crippen LogP contribution in [0, 0.1) is 20.8 Å². The largest absolute Gasteiger partial charge is 0.372 e. The molecule has 0 unspecified atom stereocenters. The molecule has 3 aromatic carbocycles. The average molecular weight is 617 g/mol. The van der Waals surface area contributed by atoms with Crippen molar-refractivity contribution < 1.29 is 14.7 Å². The van der Waals surface area contributed by atoms with Crippen LogP contribution in [0.5, 0.6) is 0 Å². The number of rotatable bonds is 8. The van der Waals surface area contributed by atoms with Crippen molar-refractivity contribution in [2.45, 2.75) is 52.1 Å². The molecule has 1 aliphatic carbocycles. The number of fused-ring (bicyclic) bond motifs is 1. The number of carbonyl (C=O) groups is 2. The zero-order valence-electron chi connectivity index (χ0n) is 25.6. The van der Waals surface area contributed by atoms with Crippen molar-refractivity contribution in [2.75, 3.05) is 5.32 Å². The normalized spacial score (nSPS) is 13.1. The molecule has 5 aromatic rings. The van der Waals surface area contributed by atoms with E-state index in [9.17, 15) is 14.7 Å². The molecule has 0 atom stereocenters. The Balaban J connectivity index is 1.30. The Bertz CT molecular complexity index is 1830. The lowest BCUT2D eigenvalue weighted by atomic mass is 9.85. The number of carbonyl (C=O) groups excluding carboxylic acids is 2. The van der Waals surface area contributed by atoms with E-state index in [1.54, 1.807) is 66.1 Å². The Morgan fingerprint density at radius 3 is 2.16 bits per heavy atom. The fourth-order valence-corrected chi connectivity index (χ4v) is 7.53. The predicted molar refractivity (Wildman–Crippen MR) is 181 cm³/mol. The van der Waals surface area contributed by atoms with Crippen LogP contribution in [0.15, 0.2) is 96.1 Å². The highest BCUT2D eigenvalue weighted by Crippen LogP contribution is 2.39. The second kappa shape index (κ2) is 12.7. The van der Waals surface area contributed by atoms with Gasteiger partial charge in [0.25, 0.3) is 11.8 Å². The molecule has 0 fully saturated rings. The van der Waals surface area contributed by atoms with Crippen LogP contribution in [0.4, 0.5) is 5.69 Å². The molecule has 0 spiro atoms. The minimum absolute atomic E-state index is 0.107. The number of amides is 2. The zero-order valence-corrected chi connectivity index (χ0v) is 26.4. The lowest BCUT2D eigenvalue weighted by Gasteiger charge is -2.27. The number of nitrogens with zero attached hydrogens (tertiary/aromatic N) is 2. The van der Waals surface area contributed by atoms with Gasteiger partial charge in [0, 0.05) is 27.5 Å². The summed E-state index contributed by atoms with van der Waals surface area (Å²) in [5.74, 6) is -0.768. The number of aliphatic hydroxyl groups is 1. The summed E-state index contributed by atoms with van der Waals surface area (Å²) < 4.78 is 2.11. The molecule has 2 aromatic heterocycles. The lowest BCUT2D eigenvalue weighted by molar-refractivity contribution is -0.136. The van der Waals surface area contributed by atoms with E-state index in [2.05, 4.69) is 20.4 Å². The SMILES string of the molecule is Cc1ccc(NC(=O)c2c(-n3c(C)cc(/C=N/NC(=O)C(O)(c4ccccc4)c4ccccc4)c3C)sc3c2CCCC3)cc1. The van der Waals surface area contributed by atoms with Crippen molar-refractivity contribution in [3.05, 3.63) is 141 Å². The molecule has 6 rings (SSSR count). The van der Waals surface area contributed by atoms with E-state index in [4.69, 9.17) is 0 Å². The Morgan fingerprint density at radius 1 is 0.889 bits per heavy atom. The van der Waals surface area contributed by atoms with Crippen LogP contribution in [0.25, 0.3) is 5.00 Å². The number of aromatic nitrogens is 1. The van der Waals surface area contributed by atoms with Crippen LogP contribution in [0.2, 0.25) is 0 Å². The maximum Gasteiger partial charge on any atom is 0.281 e. The monoisotopic (exact) mass is 616 g/mol. The molecule has 0 aliphatic heterocycles. The third kappa shape index (κ3) is 5.87. The summed E-state index contributed by atoms with van der Waals surface area (Å²) in [6.07, 6.45) is 5.62. The molecular weight excluding hydrogens is 580 g/mol. The molecule has 0 radical (unpaired) electrons. The second-order valence-corrected chi connectivity index (χ2v) is 12.6. The number of hydrazone groups is 1. The number of hydrogen-bond donors (Lipinski definition) is 3. The average Bonchev–Trinajstić information content (AvgIpc) is 3.58. The Kier molecular flexibility index (Phi) is 8.52. The van der Waals surface area contributed by atoms with Gasteiger partial charge in [-0.3, -0.25) is 9.59 Å². The van der Waals surface area contributed by atoms with Crippen LogP contribution in [-0.4, -0.2) is 27.7 Å². The first kappa shape index (κ1) is 30.2. The number of hydrogen-bond acceptors (Lipinski definition) is 5. The lowest BCUT2D eigenvalue weighted by Crippen LogP contribution is -2.43. The summed E-state index contributed by atoms with van der Waals surface area (Å²) in [6.45, 7) is 6.02. The number of thiophene rings is 1. The zero-order chi connectivity index (χ0) is 31.6. The molecule has 8 heteroatoms. The number of anilines is 1. The van der Waals surface area contributed by atoms with E-state index in [0.29, 0.717) is 11.1 Å². The number of benzene rings is 3. The molecule has 2 heterocycles. The van der Waals surface area contributed by atoms with Crippen LogP contribution in [0.3, 0.4) is 0 Å². The third-order valence-corrected chi connectivity index (χ3v) is 9.72. The number of aryl methyl sites for hydroxylation is 3. The molecule has 0 saturated heterocycles. The van der Waals surface area contributed by atoms with Gasteiger partial charge in [-0.2, -0.15) is 5.10 Å². The first-order valence-electron chi connectivity index (χ1n) is 15.2. The smallest absolute Gasteiger partial charge is 0.281 e. The van der Waals surface area contributed by atoms with Gasteiger partial charge in [0.15, 0.2) is 5.60 Å². The fourth-order valence-electron chi connectivity index (χ4n) is 6.03. The predicted octanol–water partition coefficient (Wildman–Crippen LogP) is 6.98. The molecule has 45 heavy (non-hydrogen) atoms. The van der Waals surface area contributed by atoms with Crippen molar-refractivity contribution in [2.24, 2.45) is 5.10 Å². The quantitative estimate of drug-likeness (QED) is 0.130. The van der Waals surface area contributed by atoms with E-state index in [1.807, 2.05) is 63.2 Å². The molecule has 0 saturated carbocycles. The minimum atomic E-state index is -1.92. The van der Waals surface area contributed by atoms with E-state index in [-0.39, 0.29) is 5.91 Å². The highest BCUT2D eigenvalue weighted by atomic mass is 32.1. The summed E-state index contributed by atoms with van der Waals surface area (Å²) in [5.41, 5.74) is 7.96. The standard InChI is InChI=1S/C37H36N4O3S/c1-24-18-20-30(21-19-24)39-34(42)33-31-16-10-11-17-32(31)45-35(33)41-25(2)22-27(26(41)3)23-38-40-36(43)37(44,28-12-6-4-7-13-28)29-14-8-5-9-15-29/h4-9,12-15,18-23,44H,10-11,16-17H2,1-3H3,(H,39,42)(H,40,43)/b38-23+. The molecule has 2 amide bonds. The van der Waals surface area contributed by atoms with Gasteiger partial charge in [-0.1, -0.05) is 78.4 Å². The molecule has 0 bridgehead atoms. The molecule has 7 nitrogen and oxygen atoms in total. The summed E-state index contributed by atoms with van der Waals surface area (Å²) in [5, 5.41) is 20.0. The first-order chi connectivity index (χ1) is 21.8. The molecule has 228 valence electrons. The van der Waals surface area contributed by atoms with Crippen molar-refractivity contribution in [1.82, 2.24) is 9.99 Å². The van der Waals surface area contributed by atoms with Gasteiger partial charge in [0.1, 0.15) is 5.00 Å². The summed E-state index contributed by atoms with van der Waals surface area (Å²) >= 11 is 1.68. The Labute approximate surface area is 267 Å². The Morgan fingerprint density at radius 2 is 1.51 bits per heavy atom. The maximum absolute atomic E-state index is 13.8. The number of nitrogens with one attached hydrogen (secondary N) is 2. The third-order valence-electron chi connectivity index (χ3n) is 8.44. The van der Waals surface area contributed by atoms with E-state index >= 15 is 0 Å². The summed E-state index contributed by atoms with van der Waals surface area (Å²) in [6, 6.07) is 27.5. The van der Waals surface area contributed by atoms with Crippen LogP contribution in [-0.2, 0) is 23.2 Å². The Hall–Kier alpha value is -4.79. The fraction of sp³-hybridized carbons (Fsp3) is 0.216. The summed E-state index contributed by atoms with van der Waals surface area (Å²) in [7, 11) is 0. The minimum Gasteiger partial charge on any atom is -0.372 e. The van der Waals surface area contributed by atoms with E-state index in [0.717, 1.165) is 70.0 Å². The van der Waals surface area contributed by atoms with Gasteiger partial charge in [-0.25, -0.2) is 5.43 Å². The van der Waals surface area contributed by atoms with Crippen molar-refractivity contribution >= 4 is 35.1 Å². The van der Waals surface area contributed by atoms with Crippen molar-refractivity contribution in [1.29, 1.82) is 0 Å². The molecule has 1 aliphatic rings. The highest BCUT2D eigenvalue weighted by Gasteiger charge is 2.40. The van der Waals surface area contributed by atoms with Gasteiger partial charge in [-0.05, 0) is 81.3 Å². The topological polar surface area (TPSA) is 95.7 Å². The van der Waals surface area contributed by atoms with Gasteiger partial charge >= 0.3 is 0 Å². The highest BCUT2D eigenvalue weighted by molar-refractivity contribution is 7.15. The van der Waals surface area contributed by atoms with Crippen LogP contribution >= 0.6 is 11.3 Å². The molecule has 3 N–H and O–H groups in total. The van der Waals surface area contributed by atoms with Crippen LogP contribution in [0.1, 0.15) is 67.3 Å².